The minimum atomic E-state index is -1.22. The molecule has 256 valence electrons. The van der Waals surface area contributed by atoms with E-state index in [2.05, 4.69) is 15.1 Å². The zero-order chi connectivity index (χ0) is 35.3. The summed E-state index contributed by atoms with van der Waals surface area (Å²) in [5.41, 5.74) is 8.37. The van der Waals surface area contributed by atoms with E-state index in [4.69, 9.17) is 27.1 Å². The van der Waals surface area contributed by atoms with E-state index < -0.39 is 23.4 Å². The van der Waals surface area contributed by atoms with Gasteiger partial charge in [0, 0.05) is 41.6 Å². The van der Waals surface area contributed by atoms with Gasteiger partial charge in [0.15, 0.2) is 17.3 Å². The first-order chi connectivity index (χ1) is 24.1. The molecule has 0 spiro atoms. The number of piperazine rings is 1. The molecule has 1 fully saturated rings. The fraction of sp³-hybridized carbons (Fsp3) is 0.333. The molecule has 0 aliphatic carbocycles. The minimum Gasteiger partial charge on any atom is -0.504 e. The Morgan fingerprint density at radius 3 is 2.66 bits per heavy atom. The van der Waals surface area contributed by atoms with E-state index in [-0.39, 0.29) is 59.8 Å². The number of halogens is 1. The van der Waals surface area contributed by atoms with Crippen LogP contribution < -0.4 is 16.2 Å². The molecule has 0 bridgehead atoms. The molecule has 2 aliphatic heterocycles. The fourth-order valence-electron chi connectivity index (χ4n) is 6.49. The lowest BCUT2D eigenvalue weighted by Gasteiger charge is -2.37. The molecular weight excluding hydrogens is 684 g/mol. The van der Waals surface area contributed by atoms with Gasteiger partial charge in [-0.05, 0) is 43.5 Å². The van der Waals surface area contributed by atoms with E-state index in [1.165, 1.54) is 28.2 Å². The number of aryl methyl sites for hydroxylation is 1. The first-order valence-electron chi connectivity index (χ1n) is 15.9. The van der Waals surface area contributed by atoms with Crippen LogP contribution in [0.15, 0.2) is 35.4 Å². The number of carbonyl (C=O) groups excluding carboxylic acids is 2. The molecule has 1 unspecified atom stereocenters. The van der Waals surface area contributed by atoms with Crippen molar-refractivity contribution < 1.29 is 19.4 Å². The van der Waals surface area contributed by atoms with Crippen LogP contribution in [0.2, 0.25) is 5.02 Å². The number of thiophene rings is 1. The molecular formula is C33H31ClN10O5S. The third-order valence-electron chi connectivity index (χ3n) is 9.01. The highest BCUT2D eigenvalue weighted by Gasteiger charge is 2.34. The number of primary amides is 1. The first kappa shape index (κ1) is 33.1. The highest BCUT2D eigenvalue weighted by molar-refractivity contribution is 7.15. The number of carbonyl (C=O) groups is 2. The Morgan fingerprint density at radius 1 is 1.20 bits per heavy atom. The van der Waals surface area contributed by atoms with Crippen molar-refractivity contribution in [2.45, 2.75) is 39.3 Å². The van der Waals surface area contributed by atoms with E-state index in [0.29, 0.717) is 42.3 Å². The number of nitrogens with zero attached hydrogens (tertiary/aromatic N) is 9. The predicted molar refractivity (Wildman–Crippen MR) is 183 cm³/mol. The third kappa shape index (κ3) is 5.62. The summed E-state index contributed by atoms with van der Waals surface area (Å²) in [4.78, 5) is 59.2. The normalized spacial score (nSPS) is 15.2. The lowest BCUT2D eigenvalue weighted by Crippen LogP contribution is -2.51. The van der Waals surface area contributed by atoms with Crippen LogP contribution in [0.25, 0.3) is 16.5 Å². The standard InChI is InChI=1S/C33H31ClN10O5S/c1-3-22-27(41-7-9-42(10-8-41)31(47)25-28(45)17(2)37-16-38-25)32(48)44-33(39-30(40-44)23-13-19-6-11-49-15-24(19)50-23)43(22)26(29(36)46)20-5-4-18(14-35)12-21(20)34/h4-5,12-13,16,26,45H,3,6-11,15H2,1-2H3,(H2,36,46). The van der Waals surface area contributed by atoms with Gasteiger partial charge in [-0.3, -0.25) is 19.0 Å². The molecule has 6 heterocycles. The van der Waals surface area contributed by atoms with Crippen molar-refractivity contribution >= 4 is 46.2 Å². The van der Waals surface area contributed by atoms with E-state index in [9.17, 15) is 24.8 Å². The largest absolute Gasteiger partial charge is 0.504 e. The summed E-state index contributed by atoms with van der Waals surface area (Å²) in [5, 5.41) is 24.7. The molecule has 1 saturated heterocycles. The molecule has 7 rings (SSSR count). The lowest BCUT2D eigenvalue weighted by atomic mass is 10.0. The van der Waals surface area contributed by atoms with Crippen molar-refractivity contribution in [1.82, 2.24) is 34.0 Å². The van der Waals surface area contributed by atoms with E-state index in [1.54, 1.807) is 28.5 Å². The highest BCUT2D eigenvalue weighted by atomic mass is 35.5. The molecule has 4 aromatic heterocycles. The van der Waals surface area contributed by atoms with Gasteiger partial charge in [0.05, 0.1) is 41.1 Å². The van der Waals surface area contributed by atoms with E-state index in [1.807, 2.05) is 24.0 Å². The van der Waals surface area contributed by atoms with Gasteiger partial charge in [-0.1, -0.05) is 24.6 Å². The number of nitrogens with two attached hydrogens (primary N) is 1. The number of aromatic hydroxyl groups is 1. The number of hydrogen-bond acceptors (Lipinski definition) is 12. The minimum absolute atomic E-state index is 0.0930. The second kappa shape index (κ2) is 13.2. The van der Waals surface area contributed by atoms with Crippen molar-refractivity contribution in [1.29, 1.82) is 5.26 Å². The Bertz CT molecular complexity index is 2260. The SMILES string of the molecule is CCc1c(N2CCN(C(=O)c3ncnc(C)c3O)CC2)c(=O)n2nc(-c3cc4c(s3)COCC4)nc2n1C(C(N)=O)c1ccc(C#N)cc1Cl. The number of fused-ring (bicyclic) bond motifs is 2. The third-order valence-corrected chi connectivity index (χ3v) is 10.5. The number of amides is 2. The average molecular weight is 715 g/mol. The summed E-state index contributed by atoms with van der Waals surface area (Å²) in [6.07, 6.45) is 2.27. The molecule has 0 saturated carbocycles. The molecule has 17 heteroatoms. The quantitative estimate of drug-likeness (QED) is 0.251. The molecule has 3 N–H and O–H groups in total. The molecule has 50 heavy (non-hydrogen) atoms. The zero-order valence-corrected chi connectivity index (χ0v) is 28.7. The zero-order valence-electron chi connectivity index (χ0n) is 27.1. The smallest absolute Gasteiger partial charge is 0.299 e. The Labute approximate surface area is 294 Å². The number of anilines is 1. The van der Waals surface area contributed by atoms with E-state index in [0.717, 1.165) is 21.7 Å². The number of ether oxygens (including phenoxy) is 1. The first-order valence-corrected chi connectivity index (χ1v) is 17.1. The van der Waals surface area contributed by atoms with Gasteiger partial charge in [0.1, 0.15) is 18.1 Å². The molecule has 1 atom stereocenters. The van der Waals surface area contributed by atoms with Crippen molar-refractivity contribution in [3.8, 4) is 22.5 Å². The molecule has 5 aromatic rings. The maximum atomic E-state index is 14.5. The second-order valence-electron chi connectivity index (χ2n) is 11.9. The van der Waals surface area contributed by atoms with Crippen LogP contribution in [0.1, 0.15) is 56.4 Å². The van der Waals surface area contributed by atoms with Crippen LogP contribution in [0.4, 0.5) is 5.69 Å². The Hall–Kier alpha value is -5.37. The summed E-state index contributed by atoms with van der Waals surface area (Å²) in [6.45, 7) is 5.47. The number of benzene rings is 1. The van der Waals surface area contributed by atoms with Crippen molar-refractivity contribution in [2.24, 2.45) is 5.73 Å². The Balaban J connectivity index is 1.37. The predicted octanol–water partition coefficient (Wildman–Crippen LogP) is 2.62. The molecule has 15 nitrogen and oxygen atoms in total. The summed E-state index contributed by atoms with van der Waals surface area (Å²) in [5.74, 6) is -1.08. The Morgan fingerprint density at radius 2 is 1.98 bits per heavy atom. The van der Waals surface area contributed by atoms with Crippen molar-refractivity contribution in [2.75, 3.05) is 37.7 Å². The number of aromatic nitrogens is 6. The maximum Gasteiger partial charge on any atom is 0.299 e. The van der Waals surface area contributed by atoms with Gasteiger partial charge in [-0.15, -0.1) is 16.4 Å². The lowest BCUT2D eigenvalue weighted by molar-refractivity contribution is -0.120. The fourth-order valence-corrected chi connectivity index (χ4v) is 7.85. The van der Waals surface area contributed by atoms with Crippen LogP contribution in [0.5, 0.6) is 5.75 Å². The molecule has 0 radical (unpaired) electrons. The van der Waals surface area contributed by atoms with Crippen molar-refractivity contribution in [3.63, 3.8) is 0 Å². The number of rotatable bonds is 7. The highest BCUT2D eigenvalue weighted by Crippen LogP contribution is 2.35. The summed E-state index contributed by atoms with van der Waals surface area (Å²) < 4.78 is 8.42. The van der Waals surface area contributed by atoms with Gasteiger partial charge in [-0.2, -0.15) is 14.8 Å². The van der Waals surface area contributed by atoms with Crippen LogP contribution in [-0.4, -0.2) is 83.7 Å². The van der Waals surface area contributed by atoms with Crippen molar-refractivity contribution in [3.05, 3.63) is 84.6 Å². The van der Waals surface area contributed by atoms with Crippen LogP contribution >= 0.6 is 22.9 Å². The maximum absolute atomic E-state index is 14.5. The number of hydrogen-bond donors (Lipinski definition) is 2. The van der Waals surface area contributed by atoms with Crippen LogP contribution in [0.3, 0.4) is 0 Å². The summed E-state index contributed by atoms with van der Waals surface area (Å²) in [7, 11) is 0. The van der Waals surface area contributed by atoms with Gasteiger partial charge in [-0.25, -0.2) is 9.97 Å². The molecule has 1 aromatic carbocycles. The van der Waals surface area contributed by atoms with Gasteiger partial charge < -0.3 is 25.4 Å². The molecule has 2 aliphatic rings. The topological polar surface area (TPSA) is 198 Å². The van der Waals surface area contributed by atoms with Gasteiger partial charge in [0.2, 0.25) is 11.7 Å². The second-order valence-corrected chi connectivity index (χ2v) is 13.5. The number of nitriles is 1. The monoisotopic (exact) mass is 714 g/mol. The Kier molecular flexibility index (Phi) is 8.72. The van der Waals surface area contributed by atoms with E-state index >= 15 is 0 Å². The average Bonchev–Trinajstić information content (AvgIpc) is 3.76. The molecule has 2 amide bonds. The van der Waals surface area contributed by atoms with Crippen LogP contribution in [0, 0.1) is 18.3 Å². The van der Waals surface area contributed by atoms with Gasteiger partial charge >= 0.3 is 0 Å². The summed E-state index contributed by atoms with van der Waals surface area (Å²) in [6, 6.07) is 7.40. The summed E-state index contributed by atoms with van der Waals surface area (Å²) >= 11 is 8.16. The van der Waals surface area contributed by atoms with Gasteiger partial charge in [0.25, 0.3) is 11.5 Å². The van der Waals surface area contributed by atoms with Crippen LogP contribution in [-0.2, 0) is 29.0 Å².